The predicted octanol–water partition coefficient (Wildman–Crippen LogP) is -0.0228. The van der Waals surface area contributed by atoms with Crippen LogP contribution in [-0.2, 0) is 9.47 Å². The fraction of sp³-hybridized carbons (Fsp3) is 0.714. The van der Waals surface area contributed by atoms with Crippen molar-refractivity contribution in [1.29, 1.82) is 5.26 Å². The minimum Gasteiger partial charge on any atom is -0.429 e. The summed E-state index contributed by atoms with van der Waals surface area (Å²) in [6.45, 7) is 1.29. The van der Waals surface area contributed by atoms with E-state index in [2.05, 4.69) is 0 Å². The third kappa shape index (κ3) is 1.86. The van der Waals surface area contributed by atoms with Crippen LogP contribution in [-0.4, -0.2) is 43.9 Å². The zero-order chi connectivity index (χ0) is 8.97. The Kier molecular flexibility index (Phi) is 2.88. The van der Waals surface area contributed by atoms with E-state index >= 15 is 0 Å². The fourth-order valence-corrected chi connectivity index (χ4v) is 0.959. The fourth-order valence-electron chi connectivity index (χ4n) is 0.959. The van der Waals surface area contributed by atoms with Crippen LogP contribution < -0.4 is 0 Å². The maximum Gasteiger partial charge on any atom is 0.411 e. The molecule has 1 amide bonds. The lowest BCUT2D eigenvalue weighted by Crippen LogP contribution is -2.28. The zero-order valence-corrected chi connectivity index (χ0v) is 6.82. The third-order valence-corrected chi connectivity index (χ3v) is 1.60. The second-order valence-electron chi connectivity index (χ2n) is 2.44. The molecule has 0 aromatic carbocycles. The monoisotopic (exact) mass is 170 g/mol. The Labute approximate surface area is 70.5 Å². The second kappa shape index (κ2) is 3.93. The molecule has 0 spiro atoms. The van der Waals surface area contributed by atoms with E-state index in [9.17, 15) is 4.79 Å². The average Bonchev–Trinajstić information content (AvgIpc) is 2.43. The molecule has 1 atom stereocenters. The Bertz CT molecular complexity index is 211. The number of hydrogen-bond acceptors (Lipinski definition) is 4. The first kappa shape index (κ1) is 8.81. The Balaban J connectivity index is 2.37. The first-order chi connectivity index (χ1) is 5.77. The minimum atomic E-state index is -0.616. The van der Waals surface area contributed by atoms with Crippen molar-refractivity contribution >= 4 is 6.09 Å². The molecule has 0 bridgehead atoms. The highest BCUT2D eigenvalue weighted by Crippen LogP contribution is 2.09. The maximum absolute atomic E-state index is 10.9. The lowest BCUT2D eigenvalue weighted by molar-refractivity contribution is 0.134. The summed E-state index contributed by atoms with van der Waals surface area (Å²) in [7, 11) is 1.56. The van der Waals surface area contributed by atoms with Gasteiger partial charge in [0, 0.05) is 13.7 Å². The van der Waals surface area contributed by atoms with Crippen LogP contribution in [0, 0.1) is 11.3 Å². The second-order valence-corrected chi connectivity index (χ2v) is 2.44. The number of carbonyl (C=O) groups is 1. The van der Waals surface area contributed by atoms with E-state index < -0.39 is 12.2 Å². The van der Waals surface area contributed by atoms with Crippen LogP contribution in [0.15, 0.2) is 0 Å². The summed E-state index contributed by atoms with van der Waals surface area (Å²) >= 11 is 0. The predicted molar refractivity (Wildman–Crippen MR) is 39.3 cm³/mol. The molecule has 1 fully saturated rings. The van der Waals surface area contributed by atoms with Gasteiger partial charge in [-0.05, 0) is 0 Å². The standard InChI is InChI=1S/C7H10N2O3/c1-11-3-2-9-5-6(4-8)12-7(9)10/h6H,2-3,5H2,1H3. The van der Waals surface area contributed by atoms with Gasteiger partial charge in [0.2, 0.25) is 6.10 Å². The van der Waals surface area contributed by atoms with Crippen molar-refractivity contribution in [3.63, 3.8) is 0 Å². The highest BCUT2D eigenvalue weighted by atomic mass is 16.6. The molecule has 5 heteroatoms. The molecule has 0 N–H and O–H groups in total. The SMILES string of the molecule is COCCN1CC(C#N)OC1=O. The van der Waals surface area contributed by atoms with Crippen molar-refractivity contribution in [3.05, 3.63) is 0 Å². The third-order valence-electron chi connectivity index (χ3n) is 1.60. The van der Waals surface area contributed by atoms with Crippen molar-refractivity contribution in [2.75, 3.05) is 26.8 Å². The molecule has 1 aliphatic rings. The van der Waals surface area contributed by atoms with Gasteiger partial charge in [-0.2, -0.15) is 5.26 Å². The largest absolute Gasteiger partial charge is 0.429 e. The maximum atomic E-state index is 10.9. The van der Waals surface area contributed by atoms with E-state index in [0.29, 0.717) is 19.7 Å². The molecular formula is C7H10N2O3. The molecule has 0 aliphatic carbocycles. The zero-order valence-electron chi connectivity index (χ0n) is 6.82. The number of rotatable bonds is 3. The van der Waals surface area contributed by atoms with Crippen LogP contribution in [0.4, 0.5) is 4.79 Å². The summed E-state index contributed by atoms with van der Waals surface area (Å²) in [5, 5.41) is 8.44. The van der Waals surface area contributed by atoms with Gasteiger partial charge in [-0.25, -0.2) is 4.79 Å². The van der Waals surface area contributed by atoms with E-state index in [1.165, 1.54) is 4.90 Å². The van der Waals surface area contributed by atoms with Crippen LogP contribution in [0.3, 0.4) is 0 Å². The van der Waals surface area contributed by atoms with Crippen LogP contribution >= 0.6 is 0 Å². The lowest BCUT2D eigenvalue weighted by atomic mass is 10.4. The van der Waals surface area contributed by atoms with Gasteiger partial charge in [-0.3, -0.25) is 0 Å². The smallest absolute Gasteiger partial charge is 0.411 e. The number of nitriles is 1. The molecule has 0 radical (unpaired) electrons. The van der Waals surface area contributed by atoms with Gasteiger partial charge < -0.3 is 14.4 Å². The Hall–Kier alpha value is -1.28. The van der Waals surface area contributed by atoms with Gasteiger partial charge in [0.15, 0.2) is 0 Å². The number of nitrogens with zero attached hydrogens (tertiary/aromatic N) is 2. The number of cyclic esters (lactones) is 1. The van der Waals surface area contributed by atoms with E-state index in [0.717, 1.165) is 0 Å². The number of amides is 1. The Morgan fingerprint density at radius 3 is 3.17 bits per heavy atom. The Morgan fingerprint density at radius 1 is 1.92 bits per heavy atom. The normalized spacial score (nSPS) is 22.2. The molecule has 1 aliphatic heterocycles. The summed E-state index contributed by atoms with van der Waals surface area (Å²) in [6, 6.07) is 1.88. The van der Waals surface area contributed by atoms with Crippen LogP contribution in [0.25, 0.3) is 0 Å². The van der Waals surface area contributed by atoms with E-state index in [4.69, 9.17) is 14.7 Å². The highest BCUT2D eigenvalue weighted by molar-refractivity contribution is 5.70. The summed E-state index contributed by atoms with van der Waals surface area (Å²) in [5.41, 5.74) is 0. The summed E-state index contributed by atoms with van der Waals surface area (Å²) in [5.74, 6) is 0. The molecule has 1 saturated heterocycles. The molecule has 0 aromatic rings. The van der Waals surface area contributed by atoms with Crippen molar-refractivity contribution < 1.29 is 14.3 Å². The molecule has 12 heavy (non-hydrogen) atoms. The number of ether oxygens (including phenoxy) is 2. The molecule has 0 saturated carbocycles. The molecule has 5 nitrogen and oxygen atoms in total. The molecule has 1 rings (SSSR count). The van der Waals surface area contributed by atoms with Gasteiger partial charge in [0.05, 0.1) is 13.2 Å². The van der Waals surface area contributed by atoms with Crippen LogP contribution in [0.5, 0.6) is 0 Å². The van der Waals surface area contributed by atoms with Gasteiger partial charge >= 0.3 is 6.09 Å². The first-order valence-corrected chi connectivity index (χ1v) is 3.62. The van der Waals surface area contributed by atoms with Gasteiger partial charge in [-0.1, -0.05) is 0 Å². The van der Waals surface area contributed by atoms with Crippen molar-refractivity contribution in [1.82, 2.24) is 4.90 Å². The number of methoxy groups -OCH3 is 1. The molecule has 66 valence electrons. The highest BCUT2D eigenvalue weighted by Gasteiger charge is 2.30. The van der Waals surface area contributed by atoms with Crippen molar-refractivity contribution in [2.24, 2.45) is 0 Å². The van der Waals surface area contributed by atoms with Crippen LogP contribution in [0.2, 0.25) is 0 Å². The van der Waals surface area contributed by atoms with Crippen molar-refractivity contribution in [3.8, 4) is 6.07 Å². The molecule has 1 heterocycles. The van der Waals surface area contributed by atoms with Gasteiger partial charge in [-0.15, -0.1) is 0 Å². The summed E-state index contributed by atoms with van der Waals surface area (Å²) in [4.78, 5) is 12.4. The van der Waals surface area contributed by atoms with E-state index in [1.54, 1.807) is 7.11 Å². The van der Waals surface area contributed by atoms with E-state index in [-0.39, 0.29) is 0 Å². The number of carbonyl (C=O) groups excluding carboxylic acids is 1. The van der Waals surface area contributed by atoms with E-state index in [1.807, 2.05) is 6.07 Å². The van der Waals surface area contributed by atoms with Gasteiger partial charge in [0.1, 0.15) is 6.07 Å². The summed E-state index contributed by atoms with van der Waals surface area (Å²) < 4.78 is 9.48. The Morgan fingerprint density at radius 2 is 2.67 bits per heavy atom. The quantitative estimate of drug-likeness (QED) is 0.597. The summed E-state index contributed by atoms with van der Waals surface area (Å²) in [6.07, 6.45) is -1.05. The van der Waals surface area contributed by atoms with Gasteiger partial charge in [0.25, 0.3) is 0 Å². The first-order valence-electron chi connectivity index (χ1n) is 3.62. The average molecular weight is 170 g/mol. The number of hydrogen-bond donors (Lipinski definition) is 0. The van der Waals surface area contributed by atoms with Crippen LogP contribution in [0.1, 0.15) is 0 Å². The topological polar surface area (TPSA) is 62.6 Å². The molecular weight excluding hydrogens is 160 g/mol. The minimum absolute atomic E-state index is 0.346. The van der Waals surface area contributed by atoms with Crippen molar-refractivity contribution in [2.45, 2.75) is 6.10 Å². The molecule has 0 aromatic heterocycles. The molecule has 1 unspecified atom stereocenters. The lowest BCUT2D eigenvalue weighted by Gasteiger charge is -2.10.